The lowest BCUT2D eigenvalue weighted by Crippen LogP contribution is -2.61. The Hall–Kier alpha value is -9.91. The third kappa shape index (κ3) is 11.3. The van der Waals surface area contributed by atoms with Crippen molar-refractivity contribution < 1.29 is 0 Å². The van der Waals surface area contributed by atoms with Crippen molar-refractivity contribution in [3.63, 3.8) is 0 Å². The third-order valence-corrected chi connectivity index (χ3v) is 18.5. The van der Waals surface area contributed by atoms with Crippen LogP contribution in [0.2, 0.25) is 0 Å². The molecule has 0 bridgehead atoms. The van der Waals surface area contributed by atoms with Gasteiger partial charge in [0.05, 0.1) is 0 Å². The number of aromatic nitrogens is 3. The van der Waals surface area contributed by atoms with Crippen LogP contribution < -0.4 is 26.2 Å². The predicted octanol–water partition coefficient (Wildman–Crippen LogP) is 20.8. The smallest absolute Gasteiger partial charge is 0.252 e. The van der Waals surface area contributed by atoms with Gasteiger partial charge in [-0.1, -0.05) is 265 Å². The molecule has 14 rings (SSSR count). The van der Waals surface area contributed by atoms with Crippen molar-refractivity contribution in [1.82, 2.24) is 15.0 Å². The molecule has 2 aliphatic rings. The first-order chi connectivity index (χ1) is 43.6. The van der Waals surface area contributed by atoms with Gasteiger partial charge in [-0.05, 0) is 178 Å². The molecule has 446 valence electrons. The lowest BCUT2D eigenvalue weighted by atomic mass is 9.33. The summed E-state index contributed by atoms with van der Waals surface area (Å²) >= 11 is 0. The summed E-state index contributed by atoms with van der Waals surface area (Å²) in [5, 5.41) is 0. The van der Waals surface area contributed by atoms with Crippen LogP contribution in [-0.2, 0) is 21.7 Å². The van der Waals surface area contributed by atoms with Crippen molar-refractivity contribution in [2.45, 2.75) is 105 Å². The lowest BCUT2D eigenvalue weighted by Gasteiger charge is -2.44. The molecule has 0 unspecified atom stereocenters. The maximum absolute atomic E-state index is 5.77. The van der Waals surface area contributed by atoms with E-state index in [1.807, 2.05) is 0 Å². The predicted molar refractivity (Wildman–Crippen MR) is 387 cm³/mol. The molecule has 0 amide bonds. The van der Waals surface area contributed by atoms with E-state index in [9.17, 15) is 0 Å². The second-order valence-electron chi connectivity index (χ2n) is 29.0. The Morgan fingerprint density at radius 3 is 0.791 bits per heavy atom. The number of hydrogen-bond acceptors (Lipinski definition) is 5. The highest BCUT2D eigenvalue weighted by Gasteiger charge is 2.44. The fourth-order valence-corrected chi connectivity index (χ4v) is 13.2. The molecule has 91 heavy (non-hydrogen) atoms. The molecule has 12 aromatic rings. The Bertz CT molecular complexity index is 4350. The van der Waals surface area contributed by atoms with Gasteiger partial charge in [-0.15, -0.1) is 0 Å². The fourth-order valence-electron chi connectivity index (χ4n) is 13.2. The summed E-state index contributed by atoms with van der Waals surface area (Å²) in [5.41, 5.74) is 26.5. The van der Waals surface area contributed by atoms with Gasteiger partial charge in [0.25, 0.3) is 6.71 Å². The minimum atomic E-state index is -0.158. The summed E-state index contributed by atoms with van der Waals surface area (Å²) < 4.78 is 0. The lowest BCUT2D eigenvalue weighted by molar-refractivity contribution is 0.568. The van der Waals surface area contributed by atoms with Gasteiger partial charge < -0.3 is 9.80 Å². The van der Waals surface area contributed by atoms with Gasteiger partial charge in [-0.25, -0.2) is 15.0 Å². The van der Waals surface area contributed by atoms with Crippen molar-refractivity contribution in [3.05, 3.63) is 277 Å². The van der Waals surface area contributed by atoms with Crippen molar-refractivity contribution in [1.29, 1.82) is 0 Å². The van der Waals surface area contributed by atoms with Gasteiger partial charge >= 0.3 is 0 Å². The van der Waals surface area contributed by atoms with E-state index in [-0.39, 0.29) is 28.4 Å². The molecule has 3 heterocycles. The first-order valence-corrected chi connectivity index (χ1v) is 32.2. The van der Waals surface area contributed by atoms with E-state index in [0.717, 1.165) is 84.2 Å². The Kier molecular flexibility index (Phi) is 14.6. The highest BCUT2D eigenvalue weighted by atomic mass is 15.2. The van der Waals surface area contributed by atoms with Gasteiger partial charge in [0.2, 0.25) is 0 Å². The minimum Gasteiger partial charge on any atom is -0.311 e. The fraction of sp³-hybridized carbons (Fsp3) is 0.188. The molecule has 6 heteroatoms. The molecule has 0 radical (unpaired) electrons. The molecular formula is C85H78BN5. The molecule has 5 nitrogen and oxygen atoms in total. The SMILES string of the molecule is CC(C)(C)c1cc(-c2nc(-c3cc(C(C)(C)C)cc(C(C)(C)C)c3)nc(-c3cc4c5c(c3)N(c3ccc(-c6ccccc6)cc3)c3cc(-c6ccccc6)ccc3B5c3ccc(-c5ccccc5)cc3N4c3ccc(-c4ccccc4)cc3)n2)cc(C(C)(C)C)c1. The second kappa shape index (κ2) is 22.5. The van der Waals surface area contributed by atoms with Gasteiger partial charge in [0, 0.05) is 50.8 Å². The van der Waals surface area contributed by atoms with Crippen LogP contribution in [-0.4, -0.2) is 21.7 Å². The second-order valence-corrected chi connectivity index (χ2v) is 29.0. The van der Waals surface area contributed by atoms with Crippen LogP contribution in [0.1, 0.15) is 105 Å². The van der Waals surface area contributed by atoms with Gasteiger partial charge in [-0.2, -0.15) is 0 Å². The Morgan fingerprint density at radius 1 is 0.242 bits per heavy atom. The summed E-state index contributed by atoms with van der Waals surface area (Å²) in [4.78, 5) is 22.2. The number of anilines is 6. The normalized spacial score (nSPS) is 13.0. The summed E-state index contributed by atoms with van der Waals surface area (Å²) in [5.74, 6) is 1.87. The van der Waals surface area contributed by atoms with E-state index in [2.05, 4.69) is 348 Å². The quantitative estimate of drug-likeness (QED) is 0.135. The monoisotopic (exact) mass is 1180 g/mol. The van der Waals surface area contributed by atoms with E-state index >= 15 is 0 Å². The molecular weight excluding hydrogens is 1100 g/mol. The molecule has 0 spiro atoms. The molecule has 0 aliphatic carbocycles. The molecule has 0 fully saturated rings. The molecule has 0 saturated heterocycles. The van der Waals surface area contributed by atoms with Crippen LogP contribution in [0.5, 0.6) is 0 Å². The average Bonchev–Trinajstić information content (AvgIpc) is 0.747. The average molecular weight is 1180 g/mol. The molecule has 2 aliphatic heterocycles. The summed E-state index contributed by atoms with van der Waals surface area (Å²) in [6, 6.07) is 94.3. The largest absolute Gasteiger partial charge is 0.311 e. The Labute approximate surface area is 539 Å². The van der Waals surface area contributed by atoms with Crippen LogP contribution in [0, 0.1) is 0 Å². The first kappa shape index (κ1) is 58.8. The molecule has 11 aromatic carbocycles. The third-order valence-electron chi connectivity index (χ3n) is 18.5. The van der Waals surface area contributed by atoms with Crippen LogP contribution in [0.3, 0.4) is 0 Å². The Morgan fingerprint density at radius 2 is 0.495 bits per heavy atom. The van der Waals surface area contributed by atoms with Crippen LogP contribution in [0.15, 0.2) is 255 Å². The van der Waals surface area contributed by atoms with Crippen LogP contribution in [0.4, 0.5) is 34.1 Å². The van der Waals surface area contributed by atoms with Crippen molar-refractivity contribution in [2.75, 3.05) is 9.80 Å². The zero-order chi connectivity index (χ0) is 63.1. The molecule has 0 atom stereocenters. The van der Waals surface area contributed by atoms with Gasteiger partial charge in [0.1, 0.15) is 0 Å². The first-order valence-electron chi connectivity index (χ1n) is 32.2. The van der Waals surface area contributed by atoms with Crippen molar-refractivity contribution in [2.24, 2.45) is 0 Å². The van der Waals surface area contributed by atoms with Gasteiger partial charge in [0.15, 0.2) is 17.5 Å². The van der Waals surface area contributed by atoms with E-state index in [0.29, 0.717) is 17.5 Å². The number of benzene rings is 11. The minimum absolute atomic E-state index is 0.145. The van der Waals surface area contributed by atoms with Crippen LogP contribution >= 0.6 is 0 Å². The molecule has 1 aromatic heterocycles. The Balaban J connectivity index is 1.10. The topological polar surface area (TPSA) is 45.2 Å². The highest BCUT2D eigenvalue weighted by Crippen LogP contribution is 2.48. The molecule has 0 saturated carbocycles. The number of fused-ring (bicyclic) bond motifs is 4. The standard InChI is InChI=1S/C85H78BN5/c1-82(2,3)66-45-63(46-67(53-66)83(4,5)6)79-87-80(64-47-68(84(7,8)9)54-69(48-64)85(10,11)12)89-81(88-79)65-51-76-78-77(52-65)91(71-41-35-60(36-42-71)56-27-19-14-20-28-56)75-50-62(58-31-23-16-24-32-58)38-44-73(75)86(78)72-43-37-61(57-29-21-15-22-30-57)49-74(72)90(76)70-39-33-59(34-40-70)55-25-17-13-18-26-55/h13-54H,1-12H3. The van der Waals surface area contributed by atoms with Gasteiger partial charge in [-0.3, -0.25) is 0 Å². The number of nitrogens with zero attached hydrogens (tertiary/aromatic N) is 5. The zero-order valence-electron chi connectivity index (χ0n) is 54.6. The van der Waals surface area contributed by atoms with E-state index in [1.165, 1.54) is 49.8 Å². The van der Waals surface area contributed by atoms with Crippen molar-refractivity contribution >= 4 is 57.2 Å². The summed E-state index contributed by atoms with van der Waals surface area (Å²) in [6.07, 6.45) is 0. The number of hydrogen-bond donors (Lipinski definition) is 0. The summed E-state index contributed by atoms with van der Waals surface area (Å²) in [7, 11) is 0. The van der Waals surface area contributed by atoms with E-state index in [1.54, 1.807) is 0 Å². The maximum atomic E-state index is 5.77. The maximum Gasteiger partial charge on any atom is 0.252 e. The highest BCUT2D eigenvalue weighted by molar-refractivity contribution is 7.00. The van der Waals surface area contributed by atoms with E-state index < -0.39 is 0 Å². The molecule has 0 N–H and O–H groups in total. The van der Waals surface area contributed by atoms with Crippen molar-refractivity contribution in [3.8, 4) is 78.7 Å². The number of rotatable bonds is 9. The zero-order valence-corrected chi connectivity index (χ0v) is 54.6. The van der Waals surface area contributed by atoms with Crippen LogP contribution in [0.25, 0.3) is 78.7 Å². The summed E-state index contributed by atoms with van der Waals surface area (Å²) in [6.45, 7) is 27.4. The van der Waals surface area contributed by atoms with E-state index in [4.69, 9.17) is 15.0 Å².